The molecule has 172 valence electrons. The first-order chi connectivity index (χ1) is 16.5. The highest BCUT2D eigenvalue weighted by Crippen LogP contribution is 2.35. The van der Waals surface area contributed by atoms with Crippen molar-refractivity contribution in [2.75, 3.05) is 23.6 Å². The molecular formula is C25H22N4O5. The minimum Gasteiger partial charge on any atom is -0.454 e. The summed E-state index contributed by atoms with van der Waals surface area (Å²) in [5.74, 6) is 0.0499. The maximum Gasteiger partial charge on any atom is 0.258 e. The Labute approximate surface area is 195 Å². The number of anilines is 2. The molecule has 0 aliphatic carbocycles. The van der Waals surface area contributed by atoms with Crippen LogP contribution >= 0.6 is 0 Å². The normalized spacial score (nSPS) is 13.8. The van der Waals surface area contributed by atoms with Crippen LogP contribution in [-0.4, -0.2) is 31.1 Å². The van der Waals surface area contributed by atoms with Crippen molar-refractivity contribution in [2.24, 2.45) is 5.73 Å². The average molecular weight is 458 g/mol. The Hall–Kier alpha value is -4.37. The second-order valence-corrected chi connectivity index (χ2v) is 7.95. The lowest BCUT2D eigenvalue weighted by Crippen LogP contribution is -2.42. The van der Waals surface area contributed by atoms with Crippen molar-refractivity contribution in [3.05, 3.63) is 82.9 Å². The van der Waals surface area contributed by atoms with E-state index in [0.29, 0.717) is 47.1 Å². The molecule has 2 heterocycles. The molecule has 0 saturated carbocycles. The molecule has 3 aromatic rings. The summed E-state index contributed by atoms with van der Waals surface area (Å²) in [6.07, 6.45) is 0. The van der Waals surface area contributed by atoms with Crippen LogP contribution in [0.15, 0.2) is 60.7 Å². The highest BCUT2D eigenvalue weighted by molar-refractivity contribution is 6.16. The summed E-state index contributed by atoms with van der Waals surface area (Å²) < 4.78 is 10.6. The minimum absolute atomic E-state index is 0.102. The molecular weight excluding hydrogens is 436 g/mol. The predicted molar refractivity (Wildman–Crippen MR) is 125 cm³/mol. The van der Waals surface area contributed by atoms with E-state index in [1.165, 1.54) is 4.90 Å². The van der Waals surface area contributed by atoms with Gasteiger partial charge in [0, 0.05) is 24.2 Å². The molecule has 0 bridgehead atoms. The monoisotopic (exact) mass is 458 g/mol. The summed E-state index contributed by atoms with van der Waals surface area (Å²) in [6, 6.07) is 17.4. The molecule has 9 nitrogen and oxygen atoms in total. The van der Waals surface area contributed by atoms with Gasteiger partial charge in [-0.05, 0) is 47.5 Å². The Balaban J connectivity index is 1.35. The van der Waals surface area contributed by atoms with Crippen LogP contribution in [0.2, 0.25) is 0 Å². The Morgan fingerprint density at radius 1 is 0.971 bits per heavy atom. The van der Waals surface area contributed by atoms with E-state index in [1.54, 1.807) is 36.4 Å². The molecule has 0 atom stereocenters. The molecule has 0 unspecified atom stereocenters. The first-order valence-electron chi connectivity index (χ1n) is 10.7. The maximum absolute atomic E-state index is 13.2. The molecule has 0 saturated heterocycles. The van der Waals surface area contributed by atoms with Gasteiger partial charge in [-0.25, -0.2) is 0 Å². The summed E-state index contributed by atoms with van der Waals surface area (Å²) in [5.41, 5.74) is 9.22. The van der Waals surface area contributed by atoms with Gasteiger partial charge in [-0.1, -0.05) is 24.3 Å². The fourth-order valence-corrected chi connectivity index (χ4v) is 3.95. The van der Waals surface area contributed by atoms with Gasteiger partial charge in [0.1, 0.15) is 6.54 Å². The lowest BCUT2D eigenvalue weighted by Gasteiger charge is -2.29. The Bertz CT molecular complexity index is 1310. The molecule has 0 radical (unpaired) electrons. The Morgan fingerprint density at radius 2 is 1.76 bits per heavy atom. The van der Waals surface area contributed by atoms with Gasteiger partial charge in [0.05, 0.1) is 11.4 Å². The summed E-state index contributed by atoms with van der Waals surface area (Å²) in [5, 5.41) is 5.62. The van der Waals surface area contributed by atoms with Crippen LogP contribution in [-0.2, 0) is 17.9 Å². The van der Waals surface area contributed by atoms with Crippen molar-refractivity contribution in [1.82, 2.24) is 5.32 Å². The Morgan fingerprint density at radius 3 is 2.62 bits per heavy atom. The van der Waals surface area contributed by atoms with Gasteiger partial charge in [0.2, 0.25) is 12.7 Å². The predicted octanol–water partition coefficient (Wildman–Crippen LogP) is 2.40. The van der Waals surface area contributed by atoms with E-state index >= 15 is 0 Å². The second-order valence-electron chi connectivity index (χ2n) is 7.95. The van der Waals surface area contributed by atoms with Crippen molar-refractivity contribution >= 4 is 29.1 Å². The van der Waals surface area contributed by atoms with E-state index in [4.69, 9.17) is 15.2 Å². The van der Waals surface area contributed by atoms with Gasteiger partial charge < -0.3 is 25.8 Å². The fraction of sp³-hybridized carbons (Fsp3) is 0.160. The molecule has 3 aromatic carbocycles. The smallest absolute Gasteiger partial charge is 0.258 e. The number of benzene rings is 3. The lowest BCUT2D eigenvalue weighted by molar-refractivity contribution is -0.115. The number of nitrogens with one attached hydrogen (secondary N) is 2. The Kier molecular flexibility index (Phi) is 5.60. The summed E-state index contributed by atoms with van der Waals surface area (Å²) in [4.78, 5) is 39.7. The van der Waals surface area contributed by atoms with Crippen LogP contribution in [0, 0.1) is 0 Å². The number of fused-ring (bicyclic) bond motifs is 2. The van der Waals surface area contributed by atoms with Gasteiger partial charge in [-0.2, -0.15) is 0 Å². The molecule has 2 aliphatic rings. The highest BCUT2D eigenvalue weighted by Gasteiger charge is 2.29. The van der Waals surface area contributed by atoms with Crippen LogP contribution in [0.1, 0.15) is 31.8 Å². The van der Waals surface area contributed by atoms with Crippen LogP contribution in [0.3, 0.4) is 0 Å². The van der Waals surface area contributed by atoms with E-state index in [2.05, 4.69) is 10.6 Å². The van der Waals surface area contributed by atoms with Gasteiger partial charge in [-0.15, -0.1) is 0 Å². The molecule has 4 N–H and O–H groups in total. The van der Waals surface area contributed by atoms with Crippen LogP contribution in [0.5, 0.6) is 11.5 Å². The number of nitrogens with zero attached hydrogens (tertiary/aromatic N) is 1. The number of ether oxygens (including phenoxy) is 2. The molecule has 3 amide bonds. The first-order valence-corrected chi connectivity index (χ1v) is 10.7. The van der Waals surface area contributed by atoms with Crippen molar-refractivity contribution < 1.29 is 23.9 Å². The zero-order chi connectivity index (χ0) is 23.7. The summed E-state index contributed by atoms with van der Waals surface area (Å²) in [6.45, 7) is 0.729. The number of hydrogen-bond donors (Lipinski definition) is 3. The quantitative estimate of drug-likeness (QED) is 0.540. The molecule has 9 heteroatoms. The van der Waals surface area contributed by atoms with Gasteiger partial charge in [-0.3, -0.25) is 19.3 Å². The van der Waals surface area contributed by atoms with Crippen molar-refractivity contribution in [1.29, 1.82) is 0 Å². The second kappa shape index (κ2) is 8.87. The number of rotatable bonds is 5. The van der Waals surface area contributed by atoms with E-state index in [-0.39, 0.29) is 31.1 Å². The summed E-state index contributed by atoms with van der Waals surface area (Å²) in [7, 11) is 0. The van der Waals surface area contributed by atoms with E-state index in [1.807, 2.05) is 24.3 Å². The maximum atomic E-state index is 13.2. The molecule has 2 aliphatic heterocycles. The molecule has 5 rings (SSSR count). The number of nitrogens with two attached hydrogens (primary N) is 1. The zero-order valence-corrected chi connectivity index (χ0v) is 18.2. The largest absolute Gasteiger partial charge is 0.454 e. The number of carbonyl (C=O) groups is 3. The van der Waals surface area contributed by atoms with E-state index in [0.717, 1.165) is 11.1 Å². The molecule has 0 spiro atoms. The molecule has 0 aromatic heterocycles. The van der Waals surface area contributed by atoms with Crippen LogP contribution in [0.4, 0.5) is 11.4 Å². The fourth-order valence-electron chi connectivity index (χ4n) is 3.95. The van der Waals surface area contributed by atoms with Crippen LogP contribution < -0.4 is 30.7 Å². The molecule has 0 fully saturated rings. The van der Waals surface area contributed by atoms with E-state index in [9.17, 15) is 14.4 Å². The SMILES string of the molecule is NCc1cccc(CNC(=O)c2ccc3c(c2)NC(=O)CN3C(=O)c2ccc3c(c2)OCO3)c1. The topological polar surface area (TPSA) is 123 Å². The third-order valence-electron chi connectivity index (χ3n) is 5.67. The third kappa shape index (κ3) is 4.16. The minimum atomic E-state index is -0.355. The number of carbonyl (C=O) groups excluding carboxylic acids is 3. The van der Waals surface area contributed by atoms with Crippen LogP contribution in [0.25, 0.3) is 0 Å². The number of hydrogen-bond acceptors (Lipinski definition) is 6. The average Bonchev–Trinajstić information content (AvgIpc) is 3.34. The van der Waals surface area contributed by atoms with Gasteiger partial charge >= 0.3 is 0 Å². The highest BCUT2D eigenvalue weighted by atomic mass is 16.7. The van der Waals surface area contributed by atoms with Gasteiger partial charge in [0.25, 0.3) is 11.8 Å². The molecule has 34 heavy (non-hydrogen) atoms. The third-order valence-corrected chi connectivity index (χ3v) is 5.67. The standard InChI is InChI=1S/C25H22N4O5/c26-11-15-2-1-3-16(8-15)12-27-24(31)17-4-6-20-19(9-17)28-23(30)13-29(20)25(32)18-5-7-21-22(10-18)34-14-33-21/h1-10H,11-14,26H2,(H,27,31)(H,28,30). The van der Waals surface area contributed by atoms with E-state index < -0.39 is 0 Å². The lowest BCUT2D eigenvalue weighted by atomic mass is 10.1. The summed E-state index contributed by atoms with van der Waals surface area (Å²) >= 11 is 0. The van der Waals surface area contributed by atoms with Gasteiger partial charge in [0.15, 0.2) is 11.5 Å². The van der Waals surface area contributed by atoms with Crippen molar-refractivity contribution in [3.8, 4) is 11.5 Å². The number of amides is 3. The van der Waals surface area contributed by atoms with Crippen molar-refractivity contribution in [3.63, 3.8) is 0 Å². The first kappa shape index (κ1) is 21.5. The van der Waals surface area contributed by atoms with Crippen molar-refractivity contribution in [2.45, 2.75) is 13.1 Å². The zero-order valence-electron chi connectivity index (χ0n) is 18.2.